The molecule has 0 aliphatic carbocycles. The van der Waals surface area contributed by atoms with Gasteiger partial charge in [-0.05, 0) is 55.7 Å². The number of anilines is 2. The molecule has 0 bridgehead atoms. The fourth-order valence-corrected chi connectivity index (χ4v) is 6.24. The molecular formula is C29H26F6N6O5S. The lowest BCUT2D eigenvalue weighted by Crippen LogP contribution is -2.44. The Labute approximate surface area is 263 Å². The van der Waals surface area contributed by atoms with Crippen molar-refractivity contribution < 1.29 is 49.4 Å². The smallest absolute Gasteiger partial charge is 0.454 e. The molecule has 11 nitrogen and oxygen atoms in total. The molecule has 3 heterocycles. The maximum Gasteiger partial charge on any atom is 0.454 e. The van der Waals surface area contributed by atoms with Gasteiger partial charge in [-0.2, -0.15) is 22.0 Å². The summed E-state index contributed by atoms with van der Waals surface area (Å²) >= 11 is 0. The number of carboxylic acid groups (broad SMARTS) is 1. The van der Waals surface area contributed by atoms with Crippen molar-refractivity contribution in [1.82, 2.24) is 19.9 Å². The van der Waals surface area contributed by atoms with Crippen LogP contribution in [0.25, 0.3) is 22.0 Å². The highest BCUT2D eigenvalue weighted by molar-refractivity contribution is 7.92. The van der Waals surface area contributed by atoms with E-state index >= 15 is 0 Å². The summed E-state index contributed by atoms with van der Waals surface area (Å²) in [5, 5.41) is 12.4. The third kappa shape index (κ3) is 7.42. The number of sulfonamides is 1. The first kappa shape index (κ1) is 33.5. The molecule has 1 fully saturated rings. The van der Waals surface area contributed by atoms with Crippen LogP contribution < -0.4 is 14.8 Å². The second-order valence-electron chi connectivity index (χ2n) is 10.7. The van der Waals surface area contributed by atoms with E-state index in [-0.39, 0.29) is 40.9 Å². The van der Waals surface area contributed by atoms with Crippen LogP contribution in [0.1, 0.15) is 18.4 Å². The van der Waals surface area contributed by atoms with Crippen molar-refractivity contribution in [3.63, 3.8) is 0 Å². The molecule has 2 aromatic heterocycles. The van der Waals surface area contributed by atoms with Gasteiger partial charge in [0.2, 0.25) is 21.9 Å². The molecule has 5 rings (SSSR count). The van der Waals surface area contributed by atoms with Crippen LogP contribution in [0.15, 0.2) is 54.9 Å². The molecule has 4 aromatic rings. The number of benzene rings is 2. The Morgan fingerprint density at radius 1 is 1.06 bits per heavy atom. The fraction of sp³-hybridized carbons (Fsp3) is 0.310. The van der Waals surface area contributed by atoms with Crippen LogP contribution in [-0.2, 0) is 10.0 Å². The molecule has 47 heavy (non-hydrogen) atoms. The molecule has 250 valence electrons. The normalized spacial score (nSPS) is 15.8. The minimum atomic E-state index is -6.14. The molecule has 1 aliphatic heterocycles. The Hall–Kier alpha value is -4.87. The molecule has 1 atom stereocenters. The highest BCUT2D eigenvalue weighted by Crippen LogP contribution is 2.41. The van der Waals surface area contributed by atoms with Gasteiger partial charge in [0.25, 0.3) is 0 Å². The zero-order chi connectivity index (χ0) is 34.1. The van der Waals surface area contributed by atoms with Crippen LogP contribution in [0.5, 0.6) is 11.6 Å². The molecule has 1 amide bonds. The number of hydrogen-bond acceptors (Lipinski definition) is 8. The number of pyridine rings is 1. The number of nitrogens with one attached hydrogen (secondary N) is 2. The molecule has 1 saturated heterocycles. The lowest BCUT2D eigenvalue weighted by Gasteiger charge is -2.31. The van der Waals surface area contributed by atoms with Crippen LogP contribution in [0, 0.1) is 12.7 Å². The van der Waals surface area contributed by atoms with Gasteiger partial charge in [0.05, 0.1) is 16.9 Å². The van der Waals surface area contributed by atoms with Crippen LogP contribution in [0.3, 0.4) is 0 Å². The molecule has 0 unspecified atom stereocenters. The summed E-state index contributed by atoms with van der Waals surface area (Å²) in [6.45, 7) is 2.28. The summed E-state index contributed by atoms with van der Waals surface area (Å²) in [4.78, 5) is 25.7. The van der Waals surface area contributed by atoms with Gasteiger partial charge < -0.3 is 20.1 Å². The number of nitrogens with zero attached hydrogens (tertiary/aromatic N) is 4. The predicted octanol–water partition coefficient (Wildman–Crippen LogP) is 6.43. The summed E-state index contributed by atoms with van der Waals surface area (Å²) in [5.74, 6) is -9.17. The number of rotatable bonds is 9. The first-order valence-corrected chi connectivity index (χ1v) is 15.6. The Bertz CT molecular complexity index is 1930. The Morgan fingerprint density at radius 3 is 2.53 bits per heavy atom. The maximum absolute atomic E-state index is 14.9. The SMILES string of the molecule is Cc1ccc2c(NS(=O)(=O)CC(F)(F)C(F)(F)F)c(F)ccc2c1Oc1ncccc1-c1ccnc(N[C@H]2CCCN(C(=O)O)C2)n1. The number of aryl methyl sites for hydroxylation is 1. The zero-order valence-electron chi connectivity index (χ0n) is 24.4. The standard InChI is InChI=1S/C29H26F6N6O5S/c1-16-6-7-18-19(8-9-21(30)23(18)40-47(44,45)15-28(31,32)29(33,34)35)24(16)46-25-20(5-2-11-36-25)22-10-12-37-26(39-22)38-17-4-3-13-41(14-17)27(42)43/h2,5-12,17,40H,3-4,13-15H2,1H3,(H,42,43)(H,37,38,39)/t17-/m0/s1. The highest BCUT2D eigenvalue weighted by Gasteiger charge is 2.59. The van der Waals surface area contributed by atoms with Gasteiger partial charge in [-0.3, -0.25) is 4.72 Å². The number of piperidine rings is 1. The Kier molecular flexibility index (Phi) is 9.07. The average molecular weight is 685 g/mol. The van der Waals surface area contributed by atoms with Crippen molar-refractivity contribution in [1.29, 1.82) is 0 Å². The maximum atomic E-state index is 14.9. The minimum absolute atomic E-state index is 0.0127. The van der Waals surface area contributed by atoms with E-state index in [2.05, 4.69) is 20.3 Å². The van der Waals surface area contributed by atoms with Crippen molar-refractivity contribution in [3.8, 4) is 22.9 Å². The van der Waals surface area contributed by atoms with Gasteiger partial charge in [0.15, 0.2) is 0 Å². The second-order valence-corrected chi connectivity index (χ2v) is 12.5. The van der Waals surface area contributed by atoms with Gasteiger partial charge >= 0.3 is 18.2 Å². The van der Waals surface area contributed by atoms with Crippen molar-refractivity contribution >= 4 is 38.5 Å². The molecule has 18 heteroatoms. The largest absolute Gasteiger partial charge is 0.465 e. The molecule has 3 N–H and O–H groups in total. The lowest BCUT2D eigenvalue weighted by atomic mass is 10.0. The van der Waals surface area contributed by atoms with E-state index in [0.29, 0.717) is 36.2 Å². The van der Waals surface area contributed by atoms with E-state index < -0.39 is 45.5 Å². The van der Waals surface area contributed by atoms with Crippen molar-refractivity contribution in [2.24, 2.45) is 0 Å². The third-order valence-electron chi connectivity index (χ3n) is 7.27. The molecule has 1 aliphatic rings. The summed E-state index contributed by atoms with van der Waals surface area (Å²) < 4.78 is 113. The number of aromatic nitrogens is 3. The van der Waals surface area contributed by atoms with Gasteiger partial charge in [0.1, 0.15) is 17.3 Å². The van der Waals surface area contributed by atoms with E-state index in [4.69, 9.17) is 4.74 Å². The topological polar surface area (TPSA) is 147 Å². The molecule has 2 aromatic carbocycles. The van der Waals surface area contributed by atoms with Crippen LogP contribution in [0.2, 0.25) is 0 Å². The number of likely N-dealkylation sites (tertiary alicyclic amines) is 1. The number of fused-ring (bicyclic) bond motifs is 1. The Balaban J connectivity index is 1.46. The van der Waals surface area contributed by atoms with E-state index in [1.165, 1.54) is 35.5 Å². The van der Waals surface area contributed by atoms with Gasteiger partial charge in [-0.15, -0.1) is 0 Å². The highest BCUT2D eigenvalue weighted by atomic mass is 32.2. The molecular weight excluding hydrogens is 658 g/mol. The number of carbonyl (C=O) groups is 1. The zero-order valence-corrected chi connectivity index (χ0v) is 25.2. The number of alkyl halides is 5. The molecule has 0 radical (unpaired) electrons. The van der Waals surface area contributed by atoms with E-state index in [9.17, 15) is 44.7 Å². The van der Waals surface area contributed by atoms with Crippen LogP contribution in [-0.4, -0.2) is 76.5 Å². The number of hydrogen-bond donors (Lipinski definition) is 3. The van der Waals surface area contributed by atoms with E-state index in [1.54, 1.807) is 29.8 Å². The summed E-state index contributed by atoms with van der Waals surface area (Å²) in [5.41, 5.74) is 0.354. The first-order valence-electron chi connectivity index (χ1n) is 13.9. The van der Waals surface area contributed by atoms with Crippen LogP contribution >= 0.6 is 0 Å². The van der Waals surface area contributed by atoms with E-state index in [1.807, 2.05) is 0 Å². The van der Waals surface area contributed by atoms with Crippen molar-refractivity contribution in [2.45, 2.75) is 37.9 Å². The van der Waals surface area contributed by atoms with Gasteiger partial charge in [-0.1, -0.05) is 12.1 Å². The second kappa shape index (κ2) is 12.7. The Morgan fingerprint density at radius 2 is 1.81 bits per heavy atom. The molecule has 0 saturated carbocycles. The van der Waals surface area contributed by atoms with Gasteiger partial charge in [-0.25, -0.2) is 32.6 Å². The average Bonchev–Trinajstić information content (AvgIpc) is 2.99. The minimum Gasteiger partial charge on any atom is -0.465 e. The quantitative estimate of drug-likeness (QED) is 0.170. The first-order chi connectivity index (χ1) is 22.0. The van der Waals surface area contributed by atoms with Crippen molar-refractivity contribution in [3.05, 3.63) is 66.2 Å². The lowest BCUT2D eigenvalue weighted by molar-refractivity contribution is -0.271. The molecule has 0 spiro atoms. The summed E-state index contributed by atoms with van der Waals surface area (Å²) in [6, 6.07) is 9.32. The summed E-state index contributed by atoms with van der Waals surface area (Å²) in [6.07, 6.45) is -2.92. The number of amides is 1. The third-order valence-corrected chi connectivity index (χ3v) is 8.53. The van der Waals surface area contributed by atoms with E-state index in [0.717, 1.165) is 6.07 Å². The van der Waals surface area contributed by atoms with Crippen LogP contribution in [0.4, 0.5) is 42.8 Å². The van der Waals surface area contributed by atoms with Crippen molar-refractivity contribution in [2.75, 3.05) is 28.9 Å². The monoisotopic (exact) mass is 684 g/mol. The van der Waals surface area contributed by atoms with Gasteiger partial charge in [0, 0.05) is 42.3 Å². The number of halogens is 6. The predicted molar refractivity (Wildman–Crippen MR) is 159 cm³/mol. The fourth-order valence-electron chi connectivity index (χ4n) is 5.01. The summed E-state index contributed by atoms with van der Waals surface area (Å²) in [7, 11) is -5.40. The number of ether oxygens (including phenoxy) is 1.